The molecule has 0 aliphatic heterocycles. The molecule has 110 valence electrons. The largest absolute Gasteiger partial charge is 0.394 e. The summed E-state index contributed by atoms with van der Waals surface area (Å²) in [5, 5.41) is 9.02. The zero-order chi connectivity index (χ0) is 13.6. The van der Waals surface area contributed by atoms with Crippen LogP contribution in [0.1, 0.15) is 52.9 Å². The summed E-state index contributed by atoms with van der Waals surface area (Å²) < 4.78 is 16.8. The molecule has 0 saturated carbocycles. The van der Waals surface area contributed by atoms with Crippen LogP contribution in [0.2, 0.25) is 0 Å². The molecular weight excluding hydrogens is 232 g/mol. The van der Waals surface area contributed by atoms with E-state index < -0.39 is 0 Å². The lowest BCUT2D eigenvalue weighted by Crippen LogP contribution is -2.24. The lowest BCUT2D eigenvalue weighted by Gasteiger charge is -2.20. The molecule has 0 saturated heterocycles. The number of rotatable bonds is 13. The molecule has 1 N–H and O–H groups in total. The first-order chi connectivity index (χ1) is 8.78. The third kappa shape index (κ3) is 9.83. The van der Waals surface area contributed by atoms with Crippen LogP contribution < -0.4 is 0 Å². The number of aliphatic hydroxyl groups is 1. The second-order valence-corrected chi connectivity index (χ2v) is 4.40. The smallest absolute Gasteiger partial charge is 0.159 e. The predicted octanol–water partition coefficient (Wildman–Crippen LogP) is 2.73. The molecule has 0 aliphatic rings. The molecule has 0 spiro atoms. The zero-order valence-corrected chi connectivity index (χ0v) is 12.2. The lowest BCUT2D eigenvalue weighted by atomic mass is 10.3. The number of hydrogen-bond acceptors (Lipinski definition) is 4. The molecule has 2 unspecified atom stereocenters. The van der Waals surface area contributed by atoms with Gasteiger partial charge in [0.25, 0.3) is 0 Å². The van der Waals surface area contributed by atoms with Gasteiger partial charge in [-0.15, -0.1) is 0 Å². The van der Waals surface area contributed by atoms with Crippen LogP contribution in [0, 0.1) is 0 Å². The summed E-state index contributed by atoms with van der Waals surface area (Å²) in [6.07, 6.45) is 4.48. The highest BCUT2D eigenvalue weighted by Crippen LogP contribution is 2.06. The van der Waals surface area contributed by atoms with E-state index in [9.17, 15) is 0 Å². The average molecular weight is 262 g/mol. The summed E-state index contributed by atoms with van der Waals surface area (Å²) in [6.45, 7) is 8.33. The van der Waals surface area contributed by atoms with Gasteiger partial charge in [0.05, 0.1) is 19.3 Å². The normalized spacial score (nSPS) is 14.7. The number of hydrogen-bond donors (Lipinski definition) is 1. The fourth-order valence-corrected chi connectivity index (χ4v) is 1.45. The van der Waals surface area contributed by atoms with Crippen LogP contribution in [0.25, 0.3) is 0 Å². The van der Waals surface area contributed by atoms with E-state index in [2.05, 4.69) is 13.8 Å². The first-order valence-electron chi connectivity index (χ1n) is 7.24. The van der Waals surface area contributed by atoms with Crippen molar-refractivity contribution in [3.8, 4) is 0 Å². The quantitative estimate of drug-likeness (QED) is 0.409. The maximum Gasteiger partial charge on any atom is 0.159 e. The summed E-state index contributed by atoms with van der Waals surface area (Å²) in [6, 6.07) is 0. The van der Waals surface area contributed by atoms with Crippen LogP contribution in [0.3, 0.4) is 0 Å². The van der Waals surface area contributed by atoms with Crippen molar-refractivity contribution in [3.63, 3.8) is 0 Å². The molecule has 0 aromatic rings. The summed E-state index contributed by atoms with van der Waals surface area (Å²) in [5.41, 5.74) is 0. The molecule has 18 heavy (non-hydrogen) atoms. The number of ether oxygens (including phenoxy) is 3. The summed E-state index contributed by atoms with van der Waals surface area (Å²) in [4.78, 5) is 0. The van der Waals surface area contributed by atoms with Gasteiger partial charge in [-0.05, 0) is 19.3 Å². The summed E-state index contributed by atoms with van der Waals surface area (Å²) in [5.74, 6) is 0. The highest BCUT2D eigenvalue weighted by molar-refractivity contribution is 4.53. The maximum atomic E-state index is 9.02. The molecule has 0 rings (SSSR count). The van der Waals surface area contributed by atoms with Crippen molar-refractivity contribution < 1.29 is 19.3 Å². The Hall–Kier alpha value is -0.160. The summed E-state index contributed by atoms with van der Waals surface area (Å²) >= 11 is 0. The minimum Gasteiger partial charge on any atom is -0.394 e. The molecule has 4 heteroatoms. The van der Waals surface area contributed by atoms with Gasteiger partial charge in [-0.2, -0.15) is 0 Å². The van der Waals surface area contributed by atoms with Gasteiger partial charge in [-0.25, -0.2) is 0 Å². The van der Waals surface area contributed by atoms with E-state index in [1.54, 1.807) is 0 Å². The molecule has 4 nitrogen and oxygen atoms in total. The molecule has 0 amide bonds. The van der Waals surface area contributed by atoms with Gasteiger partial charge in [0.15, 0.2) is 6.29 Å². The molecular formula is C14H30O4. The van der Waals surface area contributed by atoms with Crippen LogP contribution in [0.4, 0.5) is 0 Å². The van der Waals surface area contributed by atoms with Crippen molar-refractivity contribution >= 4 is 0 Å². The maximum absolute atomic E-state index is 9.02. The average Bonchev–Trinajstić information content (AvgIpc) is 2.40. The first-order valence-corrected chi connectivity index (χ1v) is 7.24. The van der Waals surface area contributed by atoms with E-state index in [4.69, 9.17) is 19.3 Å². The van der Waals surface area contributed by atoms with Crippen LogP contribution in [0.15, 0.2) is 0 Å². The number of aliphatic hydroxyl groups excluding tert-OH is 1. The van der Waals surface area contributed by atoms with E-state index in [0.29, 0.717) is 13.2 Å². The second kappa shape index (κ2) is 13.3. The molecule has 0 aromatic heterocycles. The Kier molecular flexibility index (Phi) is 13.2. The van der Waals surface area contributed by atoms with Crippen LogP contribution in [-0.2, 0) is 14.2 Å². The monoisotopic (exact) mass is 262 g/mol. The van der Waals surface area contributed by atoms with E-state index in [1.807, 2.05) is 6.92 Å². The Morgan fingerprint density at radius 2 is 1.61 bits per heavy atom. The minimum atomic E-state index is -0.173. The van der Waals surface area contributed by atoms with E-state index in [0.717, 1.165) is 38.7 Å². The molecule has 0 radical (unpaired) electrons. The van der Waals surface area contributed by atoms with Gasteiger partial charge in [-0.1, -0.05) is 27.2 Å². The van der Waals surface area contributed by atoms with Gasteiger partial charge < -0.3 is 19.3 Å². The van der Waals surface area contributed by atoms with Crippen molar-refractivity contribution in [1.82, 2.24) is 0 Å². The molecule has 0 heterocycles. The Labute approximate surface area is 112 Å². The van der Waals surface area contributed by atoms with Crippen molar-refractivity contribution in [2.45, 2.75) is 65.3 Å². The van der Waals surface area contributed by atoms with Crippen LogP contribution >= 0.6 is 0 Å². The van der Waals surface area contributed by atoms with Gasteiger partial charge >= 0.3 is 0 Å². The van der Waals surface area contributed by atoms with E-state index >= 15 is 0 Å². The van der Waals surface area contributed by atoms with Gasteiger partial charge in [0.2, 0.25) is 0 Å². The van der Waals surface area contributed by atoms with Crippen LogP contribution in [-0.4, -0.2) is 43.9 Å². The summed E-state index contributed by atoms with van der Waals surface area (Å²) in [7, 11) is 0. The van der Waals surface area contributed by atoms with Crippen molar-refractivity contribution in [1.29, 1.82) is 0 Å². The topological polar surface area (TPSA) is 47.9 Å². The number of unbranched alkanes of at least 4 members (excludes halogenated alkanes) is 1. The van der Waals surface area contributed by atoms with Crippen molar-refractivity contribution in [2.24, 2.45) is 0 Å². The molecule has 0 bridgehead atoms. The molecule has 2 atom stereocenters. The molecule has 0 aliphatic carbocycles. The fraction of sp³-hybridized carbons (Fsp3) is 1.00. The first kappa shape index (κ1) is 17.8. The Bertz CT molecular complexity index is 160. The molecule has 0 aromatic carbocycles. The fourth-order valence-electron chi connectivity index (χ4n) is 1.45. The highest BCUT2D eigenvalue weighted by Gasteiger charge is 2.11. The van der Waals surface area contributed by atoms with Crippen molar-refractivity contribution in [3.05, 3.63) is 0 Å². The Balaban J connectivity index is 3.76. The Morgan fingerprint density at radius 1 is 0.889 bits per heavy atom. The minimum absolute atomic E-state index is 0.0625. The van der Waals surface area contributed by atoms with Crippen LogP contribution in [0.5, 0.6) is 0 Å². The van der Waals surface area contributed by atoms with Gasteiger partial charge in [0.1, 0.15) is 0 Å². The third-order valence-electron chi connectivity index (χ3n) is 2.68. The lowest BCUT2D eigenvalue weighted by molar-refractivity contribution is -0.156. The predicted molar refractivity (Wildman–Crippen MR) is 72.6 cm³/mol. The third-order valence-corrected chi connectivity index (χ3v) is 2.68. The van der Waals surface area contributed by atoms with E-state index in [-0.39, 0.29) is 19.0 Å². The highest BCUT2D eigenvalue weighted by atomic mass is 16.7. The SMILES string of the molecule is CCCCOC(CCOC(CC)CO)OCCC. The Morgan fingerprint density at radius 3 is 2.17 bits per heavy atom. The van der Waals surface area contributed by atoms with E-state index in [1.165, 1.54) is 0 Å². The zero-order valence-electron chi connectivity index (χ0n) is 12.2. The standard InChI is InChI=1S/C14H30O4/c1-4-7-10-18-14(17-9-5-2)8-11-16-13(6-3)12-15/h13-15H,4-12H2,1-3H3. The molecule has 0 fully saturated rings. The van der Waals surface area contributed by atoms with Gasteiger partial charge in [-0.3, -0.25) is 0 Å². The van der Waals surface area contributed by atoms with Crippen molar-refractivity contribution in [2.75, 3.05) is 26.4 Å². The van der Waals surface area contributed by atoms with Gasteiger partial charge in [0, 0.05) is 19.6 Å². The second-order valence-electron chi connectivity index (χ2n) is 4.40.